The van der Waals surface area contributed by atoms with E-state index in [2.05, 4.69) is 38.2 Å². The zero-order valence-corrected chi connectivity index (χ0v) is 39.4. The Kier molecular flexibility index (Phi) is 40.9. The summed E-state index contributed by atoms with van der Waals surface area (Å²) in [4.78, 5) is 36.9. The van der Waals surface area contributed by atoms with Gasteiger partial charge in [-0.15, -0.1) is 0 Å². The molecule has 0 aliphatic carbocycles. The number of aliphatic carboxylic acids is 1. The lowest BCUT2D eigenvalue weighted by Crippen LogP contribution is -2.55. The summed E-state index contributed by atoms with van der Waals surface area (Å²) < 4.78 is 17.2. The van der Waals surface area contributed by atoms with Crippen LogP contribution in [0.5, 0.6) is 0 Å². The number of carbonyl (C=O) groups is 3. The molecule has 0 heterocycles. The zero-order chi connectivity index (χ0) is 43.5. The lowest BCUT2D eigenvalue weighted by atomic mass is 10.0. The largest absolute Gasteiger partial charge is 0.544 e. The number of nitrogens with zero attached hydrogens (tertiary/aromatic N) is 1. The maximum Gasteiger partial charge on any atom is 0.306 e. The fourth-order valence-corrected chi connectivity index (χ4v) is 7.41. The Balaban J connectivity index is 4.21. The summed E-state index contributed by atoms with van der Waals surface area (Å²) in [6.07, 6.45) is 47.8. The lowest BCUT2D eigenvalue weighted by molar-refractivity contribution is -0.889. The minimum Gasteiger partial charge on any atom is -0.544 e. The molecule has 0 aromatic heterocycles. The van der Waals surface area contributed by atoms with Crippen molar-refractivity contribution >= 4 is 17.9 Å². The van der Waals surface area contributed by atoms with Crippen LogP contribution in [0.15, 0.2) is 24.3 Å². The van der Waals surface area contributed by atoms with E-state index in [1.54, 1.807) is 21.1 Å². The Hall–Kier alpha value is -2.19. The number of carboxylic acid groups (broad SMARTS) is 1. The molecule has 8 heteroatoms. The Bertz CT molecular complexity index is 1020. The summed E-state index contributed by atoms with van der Waals surface area (Å²) in [5.41, 5.74) is 0. The van der Waals surface area contributed by atoms with Gasteiger partial charge in [0, 0.05) is 19.3 Å². The summed E-state index contributed by atoms with van der Waals surface area (Å²) in [6, 6.07) is -0.727. The number of quaternary nitrogens is 1. The minimum atomic E-state index is -1.13. The molecule has 0 fully saturated rings. The van der Waals surface area contributed by atoms with Gasteiger partial charge in [-0.25, -0.2) is 0 Å². The van der Waals surface area contributed by atoms with Crippen molar-refractivity contribution in [2.24, 2.45) is 0 Å². The summed E-state index contributed by atoms with van der Waals surface area (Å²) in [5, 5.41) is 11.6. The Labute approximate surface area is 364 Å². The van der Waals surface area contributed by atoms with E-state index in [1.807, 2.05) is 0 Å². The number of rotatable bonds is 45. The van der Waals surface area contributed by atoms with Gasteiger partial charge in [0.15, 0.2) is 6.10 Å². The molecule has 0 radical (unpaired) electrons. The first kappa shape index (κ1) is 56.8. The molecular formula is C51H95NO7. The van der Waals surface area contributed by atoms with Crippen LogP contribution in [0.2, 0.25) is 0 Å². The van der Waals surface area contributed by atoms with Crippen LogP contribution in [0.4, 0.5) is 0 Å². The first-order valence-electron chi connectivity index (χ1n) is 24.9. The average Bonchev–Trinajstić information content (AvgIpc) is 3.19. The van der Waals surface area contributed by atoms with Crippen molar-refractivity contribution in [2.75, 3.05) is 41.0 Å². The van der Waals surface area contributed by atoms with Crippen LogP contribution in [0.3, 0.4) is 0 Å². The molecule has 0 N–H and O–H groups in total. The van der Waals surface area contributed by atoms with E-state index in [-0.39, 0.29) is 42.7 Å². The van der Waals surface area contributed by atoms with E-state index in [0.29, 0.717) is 12.8 Å². The lowest BCUT2D eigenvalue weighted by Gasteiger charge is -2.34. The predicted molar refractivity (Wildman–Crippen MR) is 245 cm³/mol. The highest BCUT2D eigenvalue weighted by Crippen LogP contribution is 2.15. The Morgan fingerprint density at radius 3 is 1.24 bits per heavy atom. The van der Waals surface area contributed by atoms with Crippen molar-refractivity contribution in [3.05, 3.63) is 24.3 Å². The number of likely N-dealkylation sites (N-methyl/N-ethyl adjacent to an activating group) is 1. The highest BCUT2D eigenvalue weighted by atomic mass is 16.6. The van der Waals surface area contributed by atoms with Gasteiger partial charge in [-0.2, -0.15) is 0 Å². The fourth-order valence-electron chi connectivity index (χ4n) is 7.41. The SMILES string of the molecule is CCCCCCCC/C=C/CCCCCC(=O)OC(COCCC(C(=O)[O-])[N+](C)(C)C)COC(=O)CCCCCCCCC/C=C/CCCCCCCCCCCCC. The van der Waals surface area contributed by atoms with Crippen molar-refractivity contribution in [3.63, 3.8) is 0 Å². The second-order valence-corrected chi connectivity index (χ2v) is 18.0. The molecule has 2 unspecified atom stereocenters. The van der Waals surface area contributed by atoms with Gasteiger partial charge in [0.25, 0.3) is 0 Å². The predicted octanol–water partition coefficient (Wildman–Crippen LogP) is 12.7. The Morgan fingerprint density at radius 2 is 0.847 bits per heavy atom. The van der Waals surface area contributed by atoms with Crippen LogP contribution in [-0.2, 0) is 28.6 Å². The van der Waals surface area contributed by atoms with Gasteiger partial charge in [0.05, 0.1) is 40.3 Å². The number of ether oxygens (including phenoxy) is 3. The van der Waals surface area contributed by atoms with Crippen LogP contribution in [0, 0.1) is 0 Å². The molecule has 2 atom stereocenters. The van der Waals surface area contributed by atoms with Crippen LogP contribution >= 0.6 is 0 Å². The Morgan fingerprint density at radius 1 is 0.492 bits per heavy atom. The molecule has 0 aliphatic heterocycles. The summed E-state index contributed by atoms with van der Waals surface area (Å²) >= 11 is 0. The van der Waals surface area contributed by atoms with Crippen LogP contribution < -0.4 is 5.11 Å². The molecule has 0 saturated heterocycles. The summed E-state index contributed by atoms with van der Waals surface area (Å²) in [7, 11) is 5.41. The molecule has 0 amide bonds. The summed E-state index contributed by atoms with van der Waals surface area (Å²) in [6.45, 7) is 4.66. The van der Waals surface area contributed by atoms with E-state index in [1.165, 1.54) is 148 Å². The number of carboxylic acids is 1. The molecule has 0 aliphatic rings. The number of esters is 2. The standard InChI is InChI=1S/C51H95NO7/c1-6-8-10-12-14-16-18-20-21-22-23-24-25-26-27-28-30-31-33-35-37-39-41-49(53)58-46-47(45-57-44-43-48(51(55)56)52(3,4)5)59-50(54)42-40-38-36-34-32-29-19-17-15-13-11-9-7-2/h25-26,29,32,47-48H,6-24,27-28,30-31,33-46H2,1-5H3/b26-25+,32-29+. The minimum absolute atomic E-state index is 0.0362. The first-order valence-corrected chi connectivity index (χ1v) is 24.9. The molecular weight excluding hydrogens is 739 g/mol. The maximum atomic E-state index is 12.7. The van der Waals surface area contributed by atoms with Gasteiger partial charge in [-0.1, -0.05) is 173 Å². The third-order valence-corrected chi connectivity index (χ3v) is 11.3. The van der Waals surface area contributed by atoms with Gasteiger partial charge in [-0.05, 0) is 64.2 Å². The topological polar surface area (TPSA) is 102 Å². The first-order chi connectivity index (χ1) is 28.6. The zero-order valence-electron chi connectivity index (χ0n) is 39.4. The van der Waals surface area contributed by atoms with Gasteiger partial charge in [-0.3, -0.25) is 9.59 Å². The van der Waals surface area contributed by atoms with Gasteiger partial charge in [0.2, 0.25) is 0 Å². The third kappa shape index (κ3) is 41.0. The van der Waals surface area contributed by atoms with E-state index in [4.69, 9.17) is 14.2 Å². The van der Waals surface area contributed by atoms with Crippen LogP contribution in [0.1, 0.15) is 232 Å². The van der Waals surface area contributed by atoms with Crippen molar-refractivity contribution in [2.45, 2.75) is 244 Å². The molecule has 346 valence electrons. The number of carbonyl (C=O) groups excluding carboxylic acids is 3. The van der Waals surface area contributed by atoms with Crippen molar-refractivity contribution in [3.8, 4) is 0 Å². The van der Waals surface area contributed by atoms with E-state index < -0.39 is 18.1 Å². The quantitative estimate of drug-likeness (QED) is 0.0260. The van der Waals surface area contributed by atoms with Crippen molar-refractivity contribution < 1.29 is 38.2 Å². The van der Waals surface area contributed by atoms with Crippen molar-refractivity contribution in [1.82, 2.24) is 0 Å². The molecule has 0 rings (SSSR count). The van der Waals surface area contributed by atoms with Gasteiger partial charge >= 0.3 is 11.9 Å². The number of unbranched alkanes of at least 4 members (excludes halogenated alkanes) is 27. The number of allylic oxidation sites excluding steroid dienone is 4. The van der Waals surface area contributed by atoms with E-state index >= 15 is 0 Å². The second-order valence-electron chi connectivity index (χ2n) is 18.0. The van der Waals surface area contributed by atoms with Gasteiger partial charge in [0.1, 0.15) is 12.6 Å². The number of hydrogen-bond acceptors (Lipinski definition) is 7. The van der Waals surface area contributed by atoms with Crippen LogP contribution in [0.25, 0.3) is 0 Å². The molecule has 0 aromatic carbocycles. The highest BCUT2D eigenvalue weighted by Gasteiger charge is 2.25. The number of hydrogen-bond donors (Lipinski definition) is 0. The highest BCUT2D eigenvalue weighted by molar-refractivity contribution is 5.70. The molecule has 0 spiro atoms. The van der Waals surface area contributed by atoms with Crippen LogP contribution in [-0.4, -0.2) is 75.5 Å². The molecule has 8 nitrogen and oxygen atoms in total. The molecule has 0 aromatic rings. The second kappa shape index (κ2) is 42.5. The third-order valence-electron chi connectivity index (χ3n) is 11.3. The normalized spacial score (nSPS) is 13.0. The molecule has 0 saturated carbocycles. The van der Waals surface area contributed by atoms with E-state index in [0.717, 1.165) is 51.4 Å². The smallest absolute Gasteiger partial charge is 0.306 e. The molecule has 59 heavy (non-hydrogen) atoms. The molecule has 0 bridgehead atoms. The fraction of sp³-hybridized carbons (Fsp3) is 0.863. The van der Waals surface area contributed by atoms with Gasteiger partial charge < -0.3 is 28.6 Å². The summed E-state index contributed by atoms with van der Waals surface area (Å²) in [5.74, 6) is -1.75. The monoisotopic (exact) mass is 834 g/mol. The van der Waals surface area contributed by atoms with E-state index in [9.17, 15) is 19.5 Å². The maximum absolute atomic E-state index is 12.7. The average molecular weight is 834 g/mol. The van der Waals surface area contributed by atoms with Crippen molar-refractivity contribution in [1.29, 1.82) is 0 Å².